The monoisotopic (exact) mass is 427 g/mol. The van der Waals surface area contributed by atoms with Gasteiger partial charge in [-0.25, -0.2) is 0 Å². The Balaban J connectivity index is 2.07. The van der Waals surface area contributed by atoms with E-state index in [1.165, 1.54) is 6.92 Å². The fraction of sp³-hybridized carbons (Fsp3) is 0.462. The molecule has 0 spiro atoms. The standard InChI is InChI=1S/C13H14BrClF3N5O/c1-3-22-9(8(14)4-20-22)5-19-10(24)6-23-7(2)11(15)12(21-23)13(16,17)18/h4H,3,5-6H2,1-2H3,(H,19,24). The van der Waals surface area contributed by atoms with E-state index in [1.807, 2.05) is 6.92 Å². The highest BCUT2D eigenvalue weighted by atomic mass is 79.9. The van der Waals surface area contributed by atoms with E-state index in [2.05, 4.69) is 31.4 Å². The molecule has 0 aromatic carbocycles. The molecule has 2 heterocycles. The van der Waals surface area contributed by atoms with Crippen LogP contribution >= 0.6 is 27.5 Å². The summed E-state index contributed by atoms with van der Waals surface area (Å²) in [7, 11) is 0. The first kappa shape index (κ1) is 18.8. The fourth-order valence-electron chi connectivity index (χ4n) is 2.07. The van der Waals surface area contributed by atoms with Crippen molar-refractivity contribution in [3.63, 3.8) is 0 Å². The molecule has 2 aromatic rings. The van der Waals surface area contributed by atoms with Gasteiger partial charge in [0.2, 0.25) is 5.91 Å². The van der Waals surface area contributed by atoms with Crippen LogP contribution in [-0.4, -0.2) is 25.5 Å². The van der Waals surface area contributed by atoms with E-state index in [4.69, 9.17) is 11.6 Å². The molecule has 0 aliphatic rings. The van der Waals surface area contributed by atoms with Gasteiger partial charge in [-0.2, -0.15) is 23.4 Å². The summed E-state index contributed by atoms with van der Waals surface area (Å²) in [5, 5.41) is 9.63. The smallest absolute Gasteiger partial charge is 0.349 e. The molecule has 0 unspecified atom stereocenters. The molecule has 0 saturated carbocycles. The molecule has 0 aliphatic heterocycles. The summed E-state index contributed by atoms with van der Waals surface area (Å²) < 4.78 is 41.7. The maximum atomic E-state index is 12.8. The zero-order valence-corrected chi connectivity index (χ0v) is 15.1. The summed E-state index contributed by atoms with van der Waals surface area (Å²) in [6, 6.07) is 0. The molecule has 0 radical (unpaired) electrons. The van der Waals surface area contributed by atoms with Gasteiger partial charge in [-0.05, 0) is 29.8 Å². The number of hydrogen-bond donors (Lipinski definition) is 1. The van der Waals surface area contributed by atoms with Gasteiger partial charge in [-0.3, -0.25) is 14.2 Å². The largest absolute Gasteiger partial charge is 0.436 e. The minimum absolute atomic E-state index is 0.0823. The Morgan fingerprint density at radius 2 is 2.08 bits per heavy atom. The van der Waals surface area contributed by atoms with E-state index in [0.717, 1.165) is 14.8 Å². The molecule has 2 aromatic heterocycles. The van der Waals surface area contributed by atoms with Crippen molar-refractivity contribution in [2.75, 3.05) is 0 Å². The van der Waals surface area contributed by atoms with Gasteiger partial charge < -0.3 is 5.32 Å². The Bertz CT molecular complexity index is 756. The lowest BCUT2D eigenvalue weighted by molar-refractivity contribution is -0.141. The molecule has 0 fully saturated rings. The highest BCUT2D eigenvalue weighted by Gasteiger charge is 2.38. The van der Waals surface area contributed by atoms with E-state index >= 15 is 0 Å². The topological polar surface area (TPSA) is 64.7 Å². The van der Waals surface area contributed by atoms with Gasteiger partial charge in [-0.1, -0.05) is 11.6 Å². The average Bonchev–Trinajstić information content (AvgIpc) is 2.99. The van der Waals surface area contributed by atoms with E-state index in [1.54, 1.807) is 10.9 Å². The number of aryl methyl sites for hydroxylation is 1. The zero-order chi connectivity index (χ0) is 18.1. The zero-order valence-electron chi connectivity index (χ0n) is 12.8. The van der Waals surface area contributed by atoms with Gasteiger partial charge in [-0.15, -0.1) is 0 Å². The molecule has 1 N–H and O–H groups in total. The third-order valence-electron chi connectivity index (χ3n) is 3.35. The summed E-state index contributed by atoms with van der Waals surface area (Å²) in [6.07, 6.45) is -3.06. The number of carbonyl (C=O) groups is 1. The van der Waals surface area contributed by atoms with Gasteiger partial charge in [0.1, 0.15) is 6.54 Å². The molecule has 0 saturated heterocycles. The average molecular weight is 429 g/mol. The minimum atomic E-state index is -4.66. The summed E-state index contributed by atoms with van der Waals surface area (Å²) in [4.78, 5) is 12.0. The molecule has 0 atom stereocenters. The first-order chi connectivity index (χ1) is 11.1. The number of nitrogens with one attached hydrogen (secondary N) is 1. The van der Waals surface area contributed by atoms with E-state index in [-0.39, 0.29) is 18.8 Å². The van der Waals surface area contributed by atoms with Crippen molar-refractivity contribution in [1.29, 1.82) is 0 Å². The predicted octanol–water partition coefficient (Wildman–Crippen LogP) is 3.16. The number of nitrogens with zero attached hydrogens (tertiary/aromatic N) is 4. The van der Waals surface area contributed by atoms with Crippen molar-refractivity contribution >= 4 is 33.4 Å². The molecule has 2 rings (SSSR count). The van der Waals surface area contributed by atoms with Crippen LogP contribution in [0.5, 0.6) is 0 Å². The first-order valence-electron chi connectivity index (χ1n) is 6.92. The van der Waals surface area contributed by atoms with Gasteiger partial charge in [0, 0.05) is 6.54 Å². The number of amides is 1. The van der Waals surface area contributed by atoms with Crippen molar-refractivity contribution in [3.05, 3.63) is 32.8 Å². The van der Waals surface area contributed by atoms with Crippen LogP contribution in [-0.2, 0) is 30.6 Å². The van der Waals surface area contributed by atoms with Gasteiger partial charge >= 0.3 is 6.18 Å². The van der Waals surface area contributed by atoms with E-state index in [0.29, 0.717) is 6.54 Å². The quantitative estimate of drug-likeness (QED) is 0.796. The molecule has 0 aliphatic carbocycles. The van der Waals surface area contributed by atoms with E-state index < -0.39 is 22.8 Å². The number of carbonyl (C=O) groups excluding carboxylic acids is 1. The Morgan fingerprint density at radius 3 is 2.62 bits per heavy atom. The molecular formula is C13H14BrClF3N5O. The summed E-state index contributed by atoms with van der Waals surface area (Å²) >= 11 is 8.97. The van der Waals surface area contributed by atoms with Crippen LogP contribution in [0.1, 0.15) is 24.0 Å². The van der Waals surface area contributed by atoms with Crippen molar-refractivity contribution in [1.82, 2.24) is 24.9 Å². The second-order valence-electron chi connectivity index (χ2n) is 4.94. The Morgan fingerprint density at radius 1 is 1.42 bits per heavy atom. The van der Waals surface area contributed by atoms with E-state index in [9.17, 15) is 18.0 Å². The van der Waals surface area contributed by atoms with Crippen molar-refractivity contribution in [2.45, 2.75) is 39.7 Å². The normalized spacial score (nSPS) is 11.8. The van der Waals surface area contributed by atoms with Crippen LogP contribution < -0.4 is 5.32 Å². The maximum Gasteiger partial charge on any atom is 0.436 e. The lowest BCUT2D eigenvalue weighted by atomic mass is 10.3. The third-order valence-corrected chi connectivity index (χ3v) is 4.46. The minimum Gasteiger partial charge on any atom is -0.349 e. The highest BCUT2D eigenvalue weighted by molar-refractivity contribution is 9.10. The number of hydrogen-bond acceptors (Lipinski definition) is 3. The summed E-state index contributed by atoms with van der Waals surface area (Å²) in [5.74, 6) is -0.484. The van der Waals surface area contributed by atoms with Gasteiger partial charge in [0.15, 0.2) is 5.69 Å². The first-order valence-corrected chi connectivity index (χ1v) is 8.09. The van der Waals surface area contributed by atoms with Crippen LogP contribution in [0.3, 0.4) is 0 Å². The number of halogens is 5. The number of rotatable bonds is 5. The van der Waals surface area contributed by atoms with Crippen LogP contribution in [0, 0.1) is 6.92 Å². The van der Waals surface area contributed by atoms with Crippen molar-refractivity contribution < 1.29 is 18.0 Å². The SMILES string of the molecule is CCn1ncc(Br)c1CNC(=O)Cn1nc(C(F)(F)F)c(Cl)c1C. The molecule has 0 bridgehead atoms. The molecule has 132 valence electrons. The van der Waals surface area contributed by atoms with Crippen LogP contribution in [0.25, 0.3) is 0 Å². The van der Waals surface area contributed by atoms with Crippen LogP contribution in [0.2, 0.25) is 5.02 Å². The lowest BCUT2D eigenvalue weighted by Gasteiger charge is -2.09. The lowest BCUT2D eigenvalue weighted by Crippen LogP contribution is -2.29. The molecule has 11 heteroatoms. The Labute approximate surface area is 149 Å². The molecular weight excluding hydrogens is 415 g/mol. The molecule has 1 amide bonds. The number of alkyl halides is 3. The molecule has 6 nitrogen and oxygen atoms in total. The predicted molar refractivity (Wildman–Crippen MR) is 84.4 cm³/mol. The van der Waals surface area contributed by atoms with Gasteiger partial charge in [0.25, 0.3) is 0 Å². The molecule has 24 heavy (non-hydrogen) atoms. The van der Waals surface area contributed by atoms with Crippen molar-refractivity contribution in [3.8, 4) is 0 Å². The number of aromatic nitrogens is 4. The van der Waals surface area contributed by atoms with Crippen LogP contribution in [0.4, 0.5) is 13.2 Å². The third kappa shape index (κ3) is 3.92. The Kier molecular flexibility index (Phi) is 5.59. The fourth-order valence-corrected chi connectivity index (χ4v) is 2.75. The summed E-state index contributed by atoms with van der Waals surface area (Å²) in [6.45, 7) is 3.73. The second-order valence-corrected chi connectivity index (χ2v) is 6.17. The van der Waals surface area contributed by atoms with Gasteiger partial charge in [0.05, 0.1) is 33.6 Å². The van der Waals surface area contributed by atoms with Crippen molar-refractivity contribution in [2.24, 2.45) is 0 Å². The van der Waals surface area contributed by atoms with Crippen LogP contribution in [0.15, 0.2) is 10.7 Å². The maximum absolute atomic E-state index is 12.8. The Hall–Kier alpha value is -1.55. The summed E-state index contributed by atoms with van der Waals surface area (Å²) in [5.41, 5.74) is -0.350. The highest BCUT2D eigenvalue weighted by Crippen LogP contribution is 2.35. The second kappa shape index (κ2) is 7.14.